The van der Waals surface area contributed by atoms with Crippen molar-refractivity contribution in [2.75, 3.05) is 26.0 Å². The summed E-state index contributed by atoms with van der Waals surface area (Å²) in [4.78, 5) is 22.9. The molecule has 0 bridgehead atoms. The maximum Gasteiger partial charge on any atom is 0.405 e. The molecule has 0 aliphatic rings. The fourth-order valence-corrected chi connectivity index (χ4v) is 1.52. The SMILES string of the molecule is COc1cc(N)c(Cl)cc1C(=O)OCC(=O)NCC(F)(F)F. The topological polar surface area (TPSA) is 90.7 Å². The van der Waals surface area contributed by atoms with Crippen molar-refractivity contribution < 1.29 is 32.2 Å². The van der Waals surface area contributed by atoms with Crippen LogP contribution in [-0.2, 0) is 9.53 Å². The van der Waals surface area contributed by atoms with Crippen molar-refractivity contribution in [3.05, 3.63) is 22.7 Å². The molecule has 22 heavy (non-hydrogen) atoms. The average molecular weight is 341 g/mol. The first-order valence-corrected chi connectivity index (χ1v) is 6.15. The normalized spacial score (nSPS) is 11.0. The number of nitrogen functional groups attached to an aromatic ring is 1. The van der Waals surface area contributed by atoms with Gasteiger partial charge in [0.1, 0.15) is 17.9 Å². The van der Waals surface area contributed by atoms with Gasteiger partial charge in [0.2, 0.25) is 0 Å². The molecule has 0 saturated carbocycles. The second-order valence-corrected chi connectivity index (χ2v) is 4.45. The number of nitrogens with one attached hydrogen (secondary N) is 1. The predicted octanol–water partition coefficient (Wildman–Crippen LogP) is 1.77. The number of alkyl halides is 3. The van der Waals surface area contributed by atoms with E-state index in [0.717, 1.165) is 0 Å². The van der Waals surface area contributed by atoms with Crippen LogP contribution in [0.1, 0.15) is 10.4 Å². The Bertz CT molecular complexity index is 578. The number of esters is 1. The van der Waals surface area contributed by atoms with Crippen molar-refractivity contribution in [2.24, 2.45) is 0 Å². The molecule has 0 atom stereocenters. The summed E-state index contributed by atoms with van der Waals surface area (Å²) in [6.45, 7) is -2.39. The van der Waals surface area contributed by atoms with Crippen molar-refractivity contribution in [3.8, 4) is 5.75 Å². The molecular weight excluding hydrogens is 329 g/mol. The van der Waals surface area contributed by atoms with Gasteiger partial charge in [-0.2, -0.15) is 13.2 Å². The molecule has 0 aromatic heterocycles. The molecule has 3 N–H and O–H groups in total. The number of halogens is 4. The number of hydrogen-bond acceptors (Lipinski definition) is 5. The minimum Gasteiger partial charge on any atom is -0.496 e. The molecular formula is C12H12ClF3N2O4. The minimum atomic E-state index is -4.55. The molecule has 0 fully saturated rings. The van der Waals surface area contributed by atoms with Crippen LogP contribution in [0.5, 0.6) is 5.75 Å². The molecule has 0 heterocycles. The van der Waals surface area contributed by atoms with Gasteiger partial charge in [0.15, 0.2) is 6.61 Å². The van der Waals surface area contributed by atoms with Crippen molar-refractivity contribution >= 4 is 29.2 Å². The molecule has 0 unspecified atom stereocenters. The van der Waals surface area contributed by atoms with Crippen molar-refractivity contribution in [3.63, 3.8) is 0 Å². The van der Waals surface area contributed by atoms with E-state index in [1.165, 1.54) is 19.2 Å². The Balaban J connectivity index is 2.66. The zero-order valence-electron chi connectivity index (χ0n) is 11.3. The second kappa shape index (κ2) is 7.21. The van der Waals surface area contributed by atoms with Gasteiger partial charge < -0.3 is 20.5 Å². The van der Waals surface area contributed by atoms with Crippen LogP contribution in [0.15, 0.2) is 12.1 Å². The third-order valence-corrected chi connectivity index (χ3v) is 2.69. The smallest absolute Gasteiger partial charge is 0.405 e. The second-order valence-electron chi connectivity index (χ2n) is 4.04. The zero-order chi connectivity index (χ0) is 16.9. The quantitative estimate of drug-likeness (QED) is 0.629. The Hall–Kier alpha value is -2.16. The number of ether oxygens (including phenoxy) is 2. The number of carbonyl (C=O) groups excluding carboxylic acids is 2. The van der Waals surface area contributed by atoms with Crippen LogP contribution >= 0.6 is 11.6 Å². The number of methoxy groups -OCH3 is 1. The summed E-state index contributed by atoms with van der Waals surface area (Å²) in [7, 11) is 1.27. The summed E-state index contributed by atoms with van der Waals surface area (Å²) in [5, 5.41) is 1.62. The lowest BCUT2D eigenvalue weighted by Crippen LogP contribution is -2.36. The number of amides is 1. The van der Waals surface area contributed by atoms with E-state index in [4.69, 9.17) is 22.1 Å². The first-order chi connectivity index (χ1) is 10.1. The maximum atomic E-state index is 11.9. The van der Waals surface area contributed by atoms with Gasteiger partial charge in [0.05, 0.1) is 17.8 Å². The van der Waals surface area contributed by atoms with Gasteiger partial charge in [-0.1, -0.05) is 11.6 Å². The fourth-order valence-electron chi connectivity index (χ4n) is 1.36. The highest BCUT2D eigenvalue weighted by atomic mass is 35.5. The number of nitrogens with two attached hydrogens (primary N) is 1. The van der Waals surface area contributed by atoms with E-state index in [9.17, 15) is 22.8 Å². The standard InChI is InChI=1S/C12H12ClF3N2O4/c1-21-9-3-8(17)7(13)2-6(9)11(20)22-4-10(19)18-5-12(14,15)16/h2-3H,4-5,17H2,1H3,(H,18,19). The lowest BCUT2D eigenvalue weighted by molar-refractivity contribution is -0.140. The van der Waals surface area contributed by atoms with Gasteiger partial charge in [-0.05, 0) is 6.07 Å². The first kappa shape index (κ1) is 17.9. The van der Waals surface area contributed by atoms with Crippen LogP contribution in [-0.4, -0.2) is 38.3 Å². The van der Waals surface area contributed by atoms with E-state index in [-0.39, 0.29) is 22.0 Å². The molecule has 0 aliphatic heterocycles. The van der Waals surface area contributed by atoms with Crippen molar-refractivity contribution in [1.29, 1.82) is 0 Å². The van der Waals surface area contributed by atoms with Gasteiger partial charge in [0.25, 0.3) is 5.91 Å². The van der Waals surface area contributed by atoms with Gasteiger partial charge in [-0.15, -0.1) is 0 Å². The highest BCUT2D eigenvalue weighted by Crippen LogP contribution is 2.29. The molecule has 6 nitrogen and oxygen atoms in total. The van der Waals surface area contributed by atoms with E-state index in [0.29, 0.717) is 0 Å². The van der Waals surface area contributed by atoms with Crippen LogP contribution in [0, 0.1) is 0 Å². The Morgan fingerprint density at radius 3 is 2.55 bits per heavy atom. The summed E-state index contributed by atoms with van der Waals surface area (Å²) in [6.07, 6.45) is -4.55. The Kier molecular flexibility index (Phi) is 5.86. The Labute approximate surface area is 128 Å². The molecule has 1 rings (SSSR count). The van der Waals surface area contributed by atoms with Crippen LogP contribution in [0.25, 0.3) is 0 Å². The molecule has 0 saturated heterocycles. The van der Waals surface area contributed by atoms with E-state index in [1.807, 2.05) is 0 Å². The summed E-state index contributed by atoms with van der Waals surface area (Å²) in [5.74, 6) is -2.02. The number of anilines is 1. The van der Waals surface area contributed by atoms with Gasteiger partial charge in [-0.3, -0.25) is 4.79 Å². The largest absolute Gasteiger partial charge is 0.496 e. The third-order valence-electron chi connectivity index (χ3n) is 2.36. The Morgan fingerprint density at radius 1 is 1.36 bits per heavy atom. The first-order valence-electron chi connectivity index (χ1n) is 5.77. The lowest BCUT2D eigenvalue weighted by Gasteiger charge is -2.11. The summed E-state index contributed by atoms with van der Waals surface area (Å²) in [5.41, 5.74) is 5.59. The predicted molar refractivity (Wildman–Crippen MR) is 71.8 cm³/mol. The van der Waals surface area contributed by atoms with Gasteiger partial charge in [-0.25, -0.2) is 4.79 Å². The van der Waals surface area contributed by atoms with E-state index in [1.54, 1.807) is 5.32 Å². The monoisotopic (exact) mass is 340 g/mol. The number of carbonyl (C=O) groups is 2. The lowest BCUT2D eigenvalue weighted by atomic mass is 10.2. The molecule has 1 aromatic carbocycles. The molecule has 10 heteroatoms. The van der Waals surface area contributed by atoms with Crippen LogP contribution in [0.2, 0.25) is 5.02 Å². The van der Waals surface area contributed by atoms with E-state index in [2.05, 4.69) is 4.74 Å². The summed E-state index contributed by atoms with van der Waals surface area (Å²) >= 11 is 5.76. The molecule has 1 aromatic rings. The van der Waals surface area contributed by atoms with Crippen LogP contribution in [0.4, 0.5) is 18.9 Å². The molecule has 0 aliphatic carbocycles. The molecule has 122 valence electrons. The number of rotatable bonds is 5. The minimum absolute atomic E-state index is 0.0580. The fraction of sp³-hybridized carbons (Fsp3) is 0.333. The maximum absolute atomic E-state index is 11.9. The highest BCUT2D eigenvalue weighted by molar-refractivity contribution is 6.33. The third kappa shape index (κ3) is 5.32. The van der Waals surface area contributed by atoms with Crippen LogP contribution < -0.4 is 15.8 Å². The van der Waals surface area contributed by atoms with E-state index < -0.39 is 31.2 Å². The van der Waals surface area contributed by atoms with Crippen LogP contribution in [0.3, 0.4) is 0 Å². The summed E-state index contributed by atoms with van der Waals surface area (Å²) < 4.78 is 45.2. The number of hydrogen-bond donors (Lipinski definition) is 2. The molecule has 0 spiro atoms. The van der Waals surface area contributed by atoms with E-state index >= 15 is 0 Å². The van der Waals surface area contributed by atoms with Crippen molar-refractivity contribution in [2.45, 2.75) is 6.18 Å². The van der Waals surface area contributed by atoms with Gasteiger partial charge in [0, 0.05) is 6.07 Å². The molecule has 1 amide bonds. The molecule has 0 radical (unpaired) electrons. The highest BCUT2D eigenvalue weighted by Gasteiger charge is 2.28. The summed E-state index contributed by atoms with van der Waals surface area (Å²) in [6, 6.07) is 2.45. The van der Waals surface area contributed by atoms with Crippen molar-refractivity contribution in [1.82, 2.24) is 5.32 Å². The Morgan fingerprint density at radius 2 is 2.00 bits per heavy atom. The number of benzene rings is 1. The zero-order valence-corrected chi connectivity index (χ0v) is 12.0. The van der Waals surface area contributed by atoms with Gasteiger partial charge >= 0.3 is 12.1 Å². The average Bonchev–Trinajstić information content (AvgIpc) is 2.44.